The maximum absolute atomic E-state index is 11.9. The summed E-state index contributed by atoms with van der Waals surface area (Å²) >= 11 is 0. The maximum Gasteiger partial charge on any atom is 0.225 e. The summed E-state index contributed by atoms with van der Waals surface area (Å²) in [5, 5.41) is 6.35. The third-order valence-corrected chi connectivity index (χ3v) is 3.50. The number of amides is 1. The van der Waals surface area contributed by atoms with Crippen LogP contribution in [-0.4, -0.2) is 23.5 Å². The lowest BCUT2D eigenvalue weighted by atomic mass is 10.0. The number of hydrogen-bond acceptors (Lipinski definition) is 3. The molecule has 1 atom stereocenters. The van der Waals surface area contributed by atoms with E-state index in [1.807, 2.05) is 26.0 Å². The molecule has 19 heavy (non-hydrogen) atoms. The summed E-state index contributed by atoms with van der Waals surface area (Å²) in [6, 6.07) is 4.41. The minimum atomic E-state index is 0.0601. The third-order valence-electron chi connectivity index (χ3n) is 3.50. The number of pyridine rings is 1. The van der Waals surface area contributed by atoms with Gasteiger partial charge < -0.3 is 10.6 Å². The van der Waals surface area contributed by atoms with E-state index < -0.39 is 0 Å². The first kappa shape index (κ1) is 14.0. The van der Waals surface area contributed by atoms with Crippen LogP contribution < -0.4 is 10.6 Å². The second-order valence-electron chi connectivity index (χ2n) is 5.40. The summed E-state index contributed by atoms with van der Waals surface area (Å²) < 4.78 is 0. The second kappa shape index (κ2) is 6.66. The summed E-state index contributed by atoms with van der Waals surface area (Å²) in [7, 11) is 0. The Morgan fingerprint density at radius 2 is 2.26 bits per heavy atom. The van der Waals surface area contributed by atoms with Crippen molar-refractivity contribution >= 4 is 11.7 Å². The number of nitrogens with zero attached hydrogens (tertiary/aromatic N) is 1. The Bertz CT molecular complexity index is 419. The molecule has 0 aliphatic carbocycles. The van der Waals surface area contributed by atoms with Gasteiger partial charge in [0.1, 0.15) is 5.82 Å². The molecule has 2 rings (SSSR count). The molecule has 1 unspecified atom stereocenters. The van der Waals surface area contributed by atoms with E-state index in [1.165, 1.54) is 19.3 Å². The zero-order valence-electron chi connectivity index (χ0n) is 11.8. The summed E-state index contributed by atoms with van der Waals surface area (Å²) in [4.78, 5) is 16.2. The lowest BCUT2D eigenvalue weighted by Crippen LogP contribution is -2.34. The smallest absolute Gasteiger partial charge is 0.225 e. The van der Waals surface area contributed by atoms with E-state index in [9.17, 15) is 4.79 Å². The Balaban J connectivity index is 1.80. The van der Waals surface area contributed by atoms with Gasteiger partial charge in [-0.15, -0.1) is 0 Å². The van der Waals surface area contributed by atoms with Crippen molar-refractivity contribution in [1.82, 2.24) is 10.3 Å². The Labute approximate surface area is 115 Å². The van der Waals surface area contributed by atoms with Gasteiger partial charge in [0.2, 0.25) is 5.91 Å². The van der Waals surface area contributed by atoms with Crippen LogP contribution in [-0.2, 0) is 4.79 Å². The largest absolute Gasteiger partial charge is 0.314 e. The van der Waals surface area contributed by atoms with Crippen LogP contribution in [0, 0.1) is 13.8 Å². The van der Waals surface area contributed by atoms with Crippen molar-refractivity contribution in [3.63, 3.8) is 0 Å². The van der Waals surface area contributed by atoms with Gasteiger partial charge in [-0.3, -0.25) is 4.79 Å². The van der Waals surface area contributed by atoms with E-state index in [0.29, 0.717) is 18.3 Å². The van der Waals surface area contributed by atoms with Crippen molar-refractivity contribution in [3.05, 3.63) is 23.4 Å². The molecular formula is C15H23N3O. The van der Waals surface area contributed by atoms with Crippen LogP contribution in [0.15, 0.2) is 12.1 Å². The molecule has 2 heterocycles. The van der Waals surface area contributed by atoms with Crippen molar-refractivity contribution in [2.45, 2.75) is 52.0 Å². The molecule has 2 N–H and O–H groups in total. The predicted molar refractivity (Wildman–Crippen MR) is 77.2 cm³/mol. The van der Waals surface area contributed by atoms with E-state index in [0.717, 1.165) is 24.2 Å². The zero-order valence-corrected chi connectivity index (χ0v) is 11.8. The molecule has 1 aliphatic rings. The van der Waals surface area contributed by atoms with Crippen LogP contribution in [0.1, 0.15) is 43.4 Å². The highest BCUT2D eigenvalue weighted by molar-refractivity contribution is 5.89. The molecule has 1 saturated heterocycles. The van der Waals surface area contributed by atoms with Gasteiger partial charge in [0, 0.05) is 18.2 Å². The quantitative estimate of drug-likeness (QED) is 0.876. The fourth-order valence-electron chi connectivity index (χ4n) is 2.59. The normalized spacial score (nSPS) is 19.2. The molecule has 0 bridgehead atoms. The molecule has 1 amide bonds. The highest BCUT2D eigenvalue weighted by Gasteiger charge is 2.14. The zero-order chi connectivity index (χ0) is 13.7. The first-order chi connectivity index (χ1) is 9.13. The molecule has 1 aromatic rings. The number of hydrogen-bond donors (Lipinski definition) is 2. The van der Waals surface area contributed by atoms with Gasteiger partial charge in [0.05, 0.1) is 0 Å². The highest BCUT2D eigenvalue weighted by atomic mass is 16.1. The van der Waals surface area contributed by atoms with Crippen molar-refractivity contribution in [3.8, 4) is 0 Å². The molecule has 1 fully saturated rings. The van der Waals surface area contributed by atoms with Crippen molar-refractivity contribution < 1.29 is 4.79 Å². The van der Waals surface area contributed by atoms with Crippen LogP contribution in [0.25, 0.3) is 0 Å². The van der Waals surface area contributed by atoms with Gasteiger partial charge in [-0.2, -0.15) is 0 Å². The van der Waals surface area contributed by atoms with Crippen LogP contribution >= 0.6 is 0 Å². The minimum Gasteiger partial charge on any atom is -0.314 e. The molecule has 0 spiro atoms. The molecule has 4 heteroatoms. The molecule has 0 radical (unpaired) electrons. The van der Waals surface area contributed by atoms with Gasteiger partial charge in [-0.05, 0) is 57.4 Å². The molecule has 0 aromatic carbocycles. The predicted octanol–water partition coefficient (Wildman–Crippen LogP) is 2.56. The maximum atomic E-state index is 11.9. The number of carbonyl (C=O) groups is 1. The number of carbonyl (C=O) groups excluding carboxylic acids is 1. The van der Waals surface area contributed by atoms with Crippen molar-refractivity contribution in [2.75, 3.05) is 11.9 Å². The lowest BCUT2D eigenvalue weighted by molar-refractivity contribution is -0.116. The Morgan fingerprint density at radius 1 is 1.42 bits per heavy atom. The van der Waals surface area contributed by atoms with Crippen molar-refractivity contribution in [1.29, 1.82) is 0 Å². The van der Waals surface area contributed by atoms with Crippen LogP contribution in [0.5, 0.6) is 0 Å². The summed E-state index contributed by atoms with van der Waals surface area (Å²) in [6.07, 6.45) is 5.20. The van der Waals surface area contributed by atoms with E-state index >= 15 is 0 Å². The highest BCUT2D eigenvalue weighted by Crippen LogP contribution is 2.13. The van der Waals surface area contributed by atoms with Gasteiger partial charge >= 0.3 is 0 Å². The topological polar surface area (TPSA) is 54.0 Å². The third kappa shape index (κ3) is 4.63. The SMILES string of the molecule is Cc1cc(C)nc(NC(=O)CCC2CCCCN2)c1. The Morgan fingerprint density at radius 3 is 2.95 bits per heavy atom. The lowest BCUT2D eigenvalue weighted by Gasteiger charge is -2.23. The number of nitrogens with one attached hydrogen (secondary N) is 2. The second-order valence-corrected chi connectivity index (χ2v) is 5.40. The molecular weight excluding hydrogens is 238 g/mol. The van der Waals surface area contributed by atoms with Gasteiger partial charge in [-0.25, -0.2) is 4.98 Å². The summed E-state index contributed by atoms with van der Waals surface area (Å²) in [5.41, 5.74) is 2.06. The fourth-order valence-corrected chi connectivity index (χ4v) is 2.59. The molecule has 0 saturated carbocycles. The fraction of sp³-hybridized carbons (Fsp3) is 0.600. The van der Waals surface area contributed by atoms with Crippen LogP contribution in [0.4, 0.5) is 5.82 Å². The minimum absolute atomic E-state index is 0.0601. The standard InChI is InChI=1S/C15H23N3O/c1-11-9-12(2)17-14(10-11)18-15(19)7-6-13-5-3-4-8-16-13/h9-10,13,16H,3-8H2,1-2H3,(H,17,18,19). The van der Waals surface area contributed by atoms with E-state index in [4.69, 9.17) is 0 Å². The monoisotopic (exact) mass is 261 g/mol. The number of piperidine rings is 1. The van der Waals surface area contributed by atoms with Gasteiger partial charge in [-0.1, -0.05) is 6.42 Å². The van der Waals surface area contributed by atoms with E-state index in [2.05, 4.69) is 15.6 Å². The average Bonchev–Trinajstić information content (AvgIpc) is 2.36. The van der Waals surface area contributed by atoms with Crippen molar-refractivity contribution in [2.24, 2.45) is 0 Å². The first-order valence-corrected chi connectivity index (χ1v) is 7.12. The van der Waals surface area contributed by atoms with E-state index in [1.54, 1.807) is 0 Å². The molecule has 1 aliphatic heterocycles. The molecule has 104 valence electrons. The number of aromatic nitrogens is 1. The van der Waals surface area contributed by atoms with Crippen LogP contribution in [0.2, 0.25) is 0 Å². The average molecular weight is 261 g/mol. The number of anilines is 1. The summed E-state index contributed by atoms with van der Waals surface area (Å²) in [5.74, 6) is 0.726. The Hall–Kier alpha value is -1.42. The first-order valence-electron chi connectivity index (χ1n) is 7.12. The molecule has 4 nitrogen and oxygen atoms in total. The summed E-state index contributed by atoms with van der Waals surface area (Å²) in [6.45, 7) is 5.04. The van der Waals surface area contributed by atoms with Crippen LogP contribution in [0.3, 0.4) is 0 Å². The van der Waals surface area contributed by atoms with Gasteiger partial charge in [0.15, 0.2) is 0 Å². The van der Waals surface area contributed by atoms with Gasteiger partial charge in [0.25, 0.3) is 0 Å². The molecule has 1 aromatic heterocycles. The number of rotatable bonds is 4. The number of aryl methyl sites for hydroxylation is 2. The Kier molecular flexibility index (Phi) is 4.91. The van der Waals surface area contributed by atoms with E-state index in [-0.39, 0.29) is 5.91 Å².